The normalized spacial score (nSPS) is 26.2. The topological polar surface area (TPSA) is 87.6 Å². The lowest BCUT2D eigenvalue weighted by molar-refractivity contribution is -0.184. The fourth-order valence-corrected chi connectivity index (χ4v) is 4.54. The number of amidine groups is 1. The number of amides is 1. The number of nitrogens with one attached hydrogen (secondary N) is 2. The van der Waals surface area contributed by atoms with Gasteiger partial charge in [-0.15, -0.1) is 0 Å². The molecular formula is C16H18F3N3O3S. The zero-order chi connectivity index (χ0) is 18.9. The number of fused-ring (bicyclic) bond motifs is 1. The number of carbonyl (C=O) groups is 1. The Morgan fingerprint density at radius 1 is 1.27 bits per heavy atom. The van der Waals surface area contributed by atoms with Gasteiger partial charge in [0.25, 0.3) is 10.0 Å². The van der Waals surface area contributed by atoms with Crippen LogP contribution in [0.15, 0.2) is 34.2 Å². The SMILES string of the molecule is O=C(CN=C1NS(=O)(=O)c2ccccc21)NC1CCCC(C(F)(F)F)C1. The average Bonchev–Trinajstić information content (AvgIpc) is 2.84. The Kier molecular flexibility index (Phi) is 4.96. The lowest BCUT2D eigenvalue weighted by atomic mass is 9.85. The minimum Gasteiger partial charge on any atom is -0.352 e. The van der Waals surface area contributed by atoms with Crippen LogP contribution >= 0.6 is 0 Å². The number of alkyl halides is 3. The third kappa shape index (κ3) is 4.00. The fraction of sp³-hybridized carbons (Fsp3) is 0.500. The summed E-state index contributed by atoms with van der Waals surface area (Å²) in [5.74, 6) is -1.87. The van der Waals surface area contributed by atoms with E-state index in [0.29, 0.717) is 18.4 Å². The molecule has 2 N–H and O–H groups in total. The number of sulfonamides is 1. The lowest BCUT2D eigenvalue weighted by Gasteiger charge is -2.30. The summed E-state index contributed by atoms with van der Waals surface area (Å²) < 4.78 is 64.6. The van der Waals surface area contributed by atoms with Crippen molar-refractivity contribution in [3.8, 4) is 0 Å². The van der Waals surface area contributed by atoms with E-state index in [-0.39, 0.29) is 30.1 Å². The van der Waals surface area contributed by atoms with Crippen LogP contribution in [-0.2, 0) is 14.8 Å². The predicted molar refractivity (Wildman–Crippen MR) is 88.1 cm³/mol. The average molecular weight is 389 g/mol. The van der Waals surface area contributed by atoms with Gasteiger partial charge in [0.1, 0.15) is 12.4 Å². The van der Waals surface area contributed by atoms with Gasteiger partial charge in [0.05, 0.1) is 10.8 Å². The van der Waals surface area contributed by atoms with E-state index in [1.54, 1.807) is 18.2 Å². The summed E-state index contributed by atoms with van der Waals surface area (Å²) in [5.41, 5.74) is 0.370. The molecule has 0 aromatic heterocycles. The van der Waals surface area contributed by atoms with Gasteiger partial charge in [-0.1, -0.05) is 18.6 Å². The van der Waals surface area contributed by atoms with Gasteiger partial charge in [0.2, 0.25) is 5.91 Å². The number of aliphatic imine (C=N–C) groups is 1. The second kappa shape index (κ2) is 6.90. The molecule has 2 unspecified atom stereocenters. The summed E-state index contributed by atoms with van der Waals surface area (Å²) in [5, 5.41) is 2.57. The van der Waals surface area contributed by atoms with Crippen LogP contribution in [0.4, 0.5) is 13.2 Å². The molecule has 3 rings (SSSR count). The Morgan fingerprint density at radius 2 is 2.00 bits per heavy atom. The first kappa shape index (κ1) is 18.7. The number of halogens is 3. The van der Waals surface area contributed by atoms with Crippen molar-refractivity contribution in [2.45, 2.75) is 42.8 Å². The first-order valence-corrected chi connectivity index (χ1v) is 9.68. The monoisotopic (exact) mass is 389 g/mol. The third-order valence-electron chi connectivity index (χ3n) is 4.55. The van der Waals surface area contributed by atoms with Gasteiger partial charge in [-0.2, -0.15) is 13.2 Å². The van der Waals surface area contributed by atoms with Gasteiger partial charge >= 0.3 is 6.18 Å². The zero-order valence-corrected chi connectivity index (χ0v) is 14.5. The van der Waals surface area contributed by atoms with E-state index in [2.05, 4.69) is 15.0 Å². The van der Waals surface area contributed by atoms with Crippen LogP contribution in [0.1, 0.15) is 31.2 Å². The molecule has 1 fully saturated rings. The summed E-state index contributed by atoms with van der Waals surface area (Å²) in [6, 6.07) is 5.68. The van der Waals surface area contributed by atoms with E-state index in [0.717, 1.165) is 0 Å². The largest absolute Gasteiger partial charge is 0.391 e. The molecule has 6 nitrogen and oxygen atoms in total. The molecular weight excluding hydrogens is 371 g/mol. The van der Waals surface area contributed by atoms with Crippen LogP contribution in [0.25, 0.3) is 0 Å². The molecule has 1 heterocycles. The van der Waals surface area contributed by atoms with Crippen molar-refractivity contribution < 1.29 is 26.4 Å². The molecule has 1 aliphatic carbocycles. The molecule has 1 aromatic carbocycles. The van der Waals surface area contributed by atoms with Crippen LogP contribution in [-0.4, -0.2) is 38.9 Å². The Morgan fingerprint density at radius 3 is 2.73 bits per heavy atom. The molecule has 0 spiro atoms. The molecule has 2 aliphatic rings. The minimum absolute atomic E-state index is 0.0626. The Hall–Kier alpha value is -2.10. The Bertz CT molecular complexity index is 837. The molecule has 1 saturated carbocycles. The number of nitrogens with zero attached hydrogens (tertiary/aromatic N) is 1. The van der Waals surface area contributed by atoms with Crippen molar-refractivity contribution in [3.05, 3.63) is 29.8 Å². The smallest absolute Gasteiger partial charge is 0.352 e. The zero-order valence-electron chi connectivity index (χ0n) is 13.7. The summed E-state index contributed by atoms with van der Waals surface area (Å²) in [7, 11) is -3.69. The lowest BCUT2D eigenvalue weighted by Crippen LogP contribution is -2.42. The van der Waals surface area contributed by atoms with Crippen molar-refractivity contribution in [1.29, 1.82) is 0 Å². The maximum Gasteiger partial charge on any atom is 0.391 e. The summed E-state index contributed by atoms with van der Waals surface area (Å²) in [6.45, 7) is -0.362. The van der Waals surface area contributed by atoms with Crippen LogP contribution in [0.5, 0.6) is 0 Å². The number of hydrogen-bond donors (Lipinski definition) is 2. The highest BCUT2D eigenvalue weighted by atomic mass is 32.2. The summed E-state index contributed by atoms with van der Waals surface area (Å²) in [6.07, 6.45) is -3.42. The quantitative estimate of drug-likeness (QED) is 0.829. The van der Waals surface area contributed by atoms with Gasteiger partial charge in [-0.3, -0.25) is 14.5 Å². The number of carbonyl (C=O) groups excluding carboxylic acids is 1. The van der Waals surface area contributed by atoms with Crippen LogP contribution in [0.3, 0.4) is 0 Å². The van der Waals surface area contributed by atoms with Gasteiger partial charge in [0, 0.05) is 11.6 Å². The predicted octanol–water partition coefficient (Wildman–Crippen LogP) is 1.96. The van der Waals surface area contributed by atoms with E-state index < -0.39 is 34.1 Å². The van der Waals surface area contributed by atoms with Crippen LogP contribution in [0.2, 0.25) is 0 Å². The first-order chi connectivity index (χ1) is 12.2. The maximum absolute atomic E-state index is 12.8. The van der Waals surface area contributed by atoms with Crippen molar-refractivity contribution in [1.82, 2.24) is 10.0 Å². The van der Waals surface area contributed by atoms with E-state index >= 15 is 0 Å². The third-order valence-corrected chi connectivity index (χ3v) is 5.94. The second-order valence-corrected chi connectivity index (χ2v) is 8.09. The molecule has 26 heavy (non-hydrogen) atoms. The second-order valence-electron chi connectivity index (χ2n) is 6.44. The molecule has 10 heteroatoms. The van der Waals surface area contributed by atoms with Gasteiger partial charge in [0.15, 0.2) is 0 Å². The van der Waals surface area contributed by atoms with E-state index in [1.165, 1.54) is 6.07 Å². The van der Waals surface area contributed by atoms with Gasteiger partial charge in [-0.05, 0) is 31.4 Å². The molecule has 0 bridgehead atoms. The van der Waals surface area contributed by atoms with Crippen LogP contribution < -0.4 is 10.0 Å². The molecule has 0 radical (unpaired) electrons. The van der Waals surface area contributed by atoms with Crippen molar-refractivity contribution in [2.24, 2.45) is 10.9 Å². The number of rotatable bonds is 3. The maximum atomic E-state index is 12.8. The standard InChI is InChI=1S/C16H18F3N3O3S/c17-16(18,19)10-4-3-5-11(8-10)21-14(23)9-20-15-12-6-1-2-7-13(12)26(24,25)22-15/h1-2,6-7,10-11H,3-5,8-9H2,(H,20,22)(H,21,23). The molecule has 1 amide bonds. The van der Waals surface area contributed by atoms with E-state index in [9.17, 15) is 26.4 Å². The molecule has 0 saturated heterocycles. The highest BCUT2D eigenvalue weighted by Crippen LogP contribution is 2.37. The van der Waals surface area contributed by atoms with E-state index in [1.807, 2.05) is 0 Å². The number of benzene rings is 1. The fourth-order valence-electron chi connectivity index (χ4n) is 3.29. The number of hydrogen-bond acceptors (Lipinski definition) is 4. The first-order valence-electron chi connectivity index (χ1n) is 8.19. The Balaban J connectivity index is 1.62. The van der Waals surface area contributed by atoms with Crippen molar-refractivity contribution >= 4 is 21.8 Å². The summed E-state index contributed by atoms with van der Waals surface area (Å²) in [4.78, 5) is 16.1. The van der Waals surface area contributed by atoms with Gasteiger partial charge < -0.3 is 5.32 Å². The van der Waals surface area contributed by atoms with Crippen molar-refractivity contribution in [2.75, 3.05) is 6.54 Å². The Labute approximate surface area is 148 Å². The van der Waals surface area contributed by atoms with Gasteiger partial charge in [-0.25, -0.2) is 8.42 Å². The highest BCUT2D eigenvalue weighted by molar-refractivity contribution is 7.90. The van der Waals surface area contributed by atoms with E-state index in [4.69, 9.17) is 0 Å². The minimum atomic E-state index is -4.25. The highest BCUT2D eigenvalue weighted by Gasteiger charge is 2.42. The molecule has 1 aliphatic heterocycles. The molecule has 142 valence electrons. The molecule has 1 aromatic rings. The molecule has 2 atom stereocenters. The summed E-state index contributed by atoms with van der Waals surface area (Å²) >= 11 is 0. The van der Waals surface area contributed by atoms with Crippen LogP contribution in [0, 0.1) is 5.92 Å². The van der Waals surface area contributed by atoms with Crippen molar-refractivity contribution in [3.63, 3.8) is 0 Å².